The summed E-state index contributed by atoms with van der Waals surface area (Å²) in [5, 5.41) is 7.52. The molecule has 4 rings (SSSR count). The van der Waals surface area contributed by atoms with Crippen LogP contribution in [0.25, 0.3) is 11.8 Å². The third-order valence-electron chi connectivity index (χ3n) is 4.22. The second-order valence-electron chi connectivity index (χ2n) is 6.20. The highest BCUT2D eigenvalue weighted by Gasteiger charge is 2.15. The van der Waals surface area contributed by atoms with Gasteiger partial charge in [-0.25, -0.2) is 4.68 Å². The van der Waals surface area contributed by atoms with E-state index in [9.17, 15) is 4.79 Å². The lowest BCUT2D eigenvalue weighted by atomic mass is 10.1. The van der Waals surface area contributed by atoms with Crippen LogP contribution in [0.3, 0.4) is 0 Å². The van der Waals surface area contributed by atoms with Gasteiger partial charge in [-0.15, -0.1) is 0 Å². The summed E-state index contributed by atoms with van der Waals surface area (Å²) in [5.74, 6) is 0.950. The highest BCUT2D eigenvalue weighted by molar-refractivity contribution is 6.32. The van der Waals surface area contributed by atoms with E-state index in [4.69, 9.17) is 21.1 Å². The molecule has 0 radical (unpaired) electrons. The van der Waals surface area contributed by atoms with Gasteiger partial charge in [-0.3, -0.25) is 4.79 Å². The molecule has 7 heteroatoms. The summed E-state index contributed by atoms with van der Waals surface area (Å²) >= 11 is 6.21. The minimum Gasteiger partial charge on any atom is -0.486 e. The Morgan fingerprint density at radius 3 is 2.82 bits per heavy atom. The van der Waals surface area contributed by atoms with Crippen LogP contribution in [0.2, 0.25) is 5.02 Å². The average Bonchev–Trinajstić information content (AvgIpc) is 3.26. The molecule has 0 spiro atoms. The van der Waals surface area contributed by atoms with Crippen molar-refractivity contribution in [3.63, 3.8) is 0 Å². The summed E-state index contributed by atoms with van der Waals surface area (Å²) in [7, 11) is 0. The number of benzene rings is 2. The molecule has 1 aliphatic rings. The molecule has 28 heavy (non-hydrogen) atoms. The van der Waals surface area contributed by atoms with Gasteiger partial charge >= 0.3 is 0 Å². The predicted molar refractivity (Wildman–Crippen MR) is 107 cm³/mol. The van der Waals surface area contributed by atoms with Crippen molar-refractivity contribution in [3.05, 3.63) is 77.1 Å². The molecule has 1 N–H and O–H groups in total. The zero-order valence-corrected chi connectivity index (χ0v) is 15.7. The molecule has 2 aromatic carbocycles. The maximum atomic E-state index is 12.1. The number of hydrogen-bond acceptors (Lipinski definition) is 4. The Balaban J connectivity index is 1.35. The minimum atomic E-state index is -0.192. The molecule has 3 aromatic rings. The fourth-order valence-corrected chi connectivity index (χ4v) is 3.11. The van der Waals surface area contributed by atoms with Gasteiger partial charge in [0.15, 0.2) is 11.5 Å². The van der Waals surface area contributed by atoms with Crippen LogP contribution in [0, 0.1) is 0 Å². The predicted octanol–water partition coefficient (Wildman–Crippen LogP) is 3.63. The van der Waals surface area contributed by atoms with Gasteiger partial charge in [0.2, 0.25) is 5.91 Å². The molecule has 0 atom stereocenters. The molecule has 1 amide bonds. The van der Waals surface area contributed by atoms with Crippen LogP contribution >= 0.6 is 11.6 Å². The highest BCUT2D eigenvalue weighted by Crippen LogP contribution is 2.38. The molecule has 0 saturated carbocycles. The molecule has 0 unspecified atom stereocenters. The van der Waals surface area contributed by atoms with E-state index in [2.05, 4.69) is 10.4 Å². The van der Waals surface area contributed by atoms with Crippen LogP contribution in [0.4, 0.5) is 0 Å². The van der Waals surface area contributed by atoms with Crippen molar-refractivity contribution in [2.75, 3.05) is 13.2 Å². The number of carbonyl (C=O) groups excluding carboxylic acids is 1. The third-order valence-corrected chi connectivity index (χ3v) is 4.50. The van der Waals surface area contributed by atoms with E-state index in [0.717, 1.165) is 16.8 Å². The van der Waals surface area contributed by atoms with Crippen molar-refractivity contribution in [3.8, 4) is 17.2 Å². The molecular weight excluding hydrogens is 378 g/mol. The zero-order chi connectivity index (χ0) is 19.3. The van der Waals surface area contributed by atoms with E-state index in [0.29, 0.717) is 36.3 Å². The first-order valence-electron chi connectivity index (χ1n) is 8.83. The van der Waals surface area contributed by atoms with Gasteiger partial charge in [0.05, 0.1) is 10.7 Å². The Hall–Kier alpha value is -3.25. The lowest BCUT2D eigenvalue weighted by molar-refractivity contribution is -0.116. The number of fused-ring (bicyclic) bond motifs is 1. The molecule has 0 fully saturated rings. The van der Waals surface area contributed by atoms with E-state index < -0.39 is 0 Å². The number of nitrogens with one attached hydrogen (secondary N) is 1. The van der Waals surface area contributed by atoms with Crippen LogP contribution in [-0.2, 0) is 11.3 Å². The smallest absolute Gasteiger partial charge is 0.244 e. The number of hydrogen-bond donors (Lipinski definition) is 1. The molecule has 1 aromatic heterocycles. The Kier molecular flexibility index (Phi) is 5.30. The van der Waals surface area contributed by atoms with E-state index in [1.807, 2.05) is 36.5 Å². The summed E-state index contributed by atoms with van der Waals surface area (Å²) in [4.78, 5) is 12.1. The zero-order valence-electron chi connectivity index (χ0n) is 15.0. The van der Waals surface area contributed by atoms with Crippen molar-refractivity contribution in [1.29, 1.82) is 0 Å². The van der Waals surface area contributed by atoms with Gasteiger partial charge in [-0.05, 0) is 47.5 Å². The lowest BCUT2D eigenvalue weighted by Crippen LogP contribution is -2.20. The Morgan fingerprint density at radius 1 is 1.21 bits per heavy atom. The third kappa shape index (κ3) is 4.18. The number of rotatable bonds is 5. The number of carbonyl (C=O) groups is 1. The first-order valence-corrected chi connectivity index (χ1v) is 9.21. The largest absolute Gasteiger partial charge is 0.486 e. The number of ether oxygens (including phenoxy) is 2. The van der Waals surface area contributed by atoms with Gasteiger partial charge in [-0.1, -0.05) is 23.7 Å². The number of nitrogens with zero attached hydrogens (tertiary/aromatic N) is 2. The monoisotopic (exact) mass is 395 g/mol. The molecule has 0 aliphatic carbocycles. The SMILES string of the molecule is O=C(/C=C/c1cc(Cl)c2c(c1)OCCO2)NCc1ccc(-n2cccn2)cc1. The Morgan fingerprint density at radius 2 is 2.04 bits per heavy atom. The van der Waals surface area contributed by atoms with Gasteiger partial charge in [0.1, 0.15) is 13.2 Å². The van der Waals surface area contributed by atoms with Crippen molar-refractivity contribution in [2.45, 2.75) is 6.54 Å². The summed E-state index contributed by atoms with van der Waals surface area (Å²) in [6.45, 7) is 1.40. The van der Waals surface area contributed by atoms with Gasteiger partial charge in [0.25, 0.3) is 0 Å². The molecule has 6 nitrogen and oxygen atoms in total. The molecule has 2 heterocycles. The Labute approximate surface area is 167 Å². The number of amides is 1. The van der Waals surface area contributed by atoms with E-state index in [1.54, 1.807) is 29.1 Å². The van der Waals surface area contributed by atoms with Crippen molar-refractivity contribution < 1.29 is 14.3 Å². The molecular formula is C21H18ClN3O3. The summed E-state index contributed by atoms with van der Waals surface area (Å²) in [5.41, 5.74) is 2.74. The molecule has 142 valence electrons. The van der Waals surface area contributed by atoms with Crippen molar-refractivity contribution >= 4 is 23.6 Å². The van der Waals surface area contributed by atoms with Crippen molar-refractivity contribution in [2.24, 2.45) is 0 Å². The topological polar surface area (TPSA) is 65.4 Å². The molecule has 1 aliphatic heterocycles. The van der Waals surface area contributed by atoms with Crippen LogP contribution in [-0.4, -0.2) is 28.9 Å². The van der Waals surface area contributed by atoms with Crippen LogP contribution in [0.1, 0.15) is 11.1 Å². The van der Waals surface area contributed by atoms with Crippen LogP contribution in [0.5, 0.6) is 11.5 Å². The molecule has 0 bridgehead atoms. The summed E-state index contributed by atoms with van der Waals surface area (Å²) in [6.07, 6.45) is 6.78. The Bertz CT molecular complexity index is 998. The minimum absolute atomic E-state index is 0.192. The fourth-order valence-electron chi connectivity index (χ4n) is 2.84. The normalized spacial score (nSPS) is 12.9. The van der Waals surface area contributed by atoms with Crippen molar-refractivity contribution in [1.82, 2.24) is 15.1 Å². The lowest BCUT2D eigenvalue weighted by Gasteiger charge is -2.19. The first kappa shape index (κ1) is 18.1. The van der Waals surface area contributed by atoms with E-state index in [-0.39, 0.29) is 5.91 Å². The maximum Gasteiger partial charge on any atom is 0.244 e. The summed E-state index contributed by atoms with van der Waals surface area (Å²) < 4.78 is 12.8. The molecule has 0 saturated heterocycles. The second kappa shape index (κ2) is 8.19. The van der Waals surface area contributed by atoms with Crippen LogP contribution in [0.15, 0.2) is 60.9 Å². The summed E-state index contributed by atoms with van der Waals surface area (Å²) in [6, 6.07) is 13.3. The highest BCUT2D eigenvalue weighted by atomic mass is 35.5. The van der Waals surface area contributed by atoms with Gasteiger partial charge in [-0.2, -0.15) is 5.10 Å². The maximum absolute atomic E-state index is 12.1. The second-order valence-corrected chi connectivity index (χ2v) is 6.60. The quantitative estimate of drug-likeness (QED) is 0.670. The fraction of sp³-hybridized carbons (Fsp3) is 0.143. The average molecular weight is 396 g/mol. The van der Waals surface area contributed by atoms with Gasteiger partial charge in [0, 0.05) is 25.0 Å². The van der Waals surface area contributed by atoms with Gasteiger partial charge < -0.3 is 14.8 Å². The van der Waals surface area contributed by atoms with E-state index >= 15 is 0 Å². The number of aromatic nitrogens is 2. The first-order chi connectivity index (χ1) is 13.7. The van der Waals surface area contributed by atoms with Crippen LogP contribution < -0.4 is 14.8 Å². The van der Waals surface area contributed by atoms with E-state index in [1.165, 1.54) is 6.08 Å². The standard InChI is InChI=1S/C21H18ClN3O3/c22-18-12-16(13-19-21(18)28-11-10-27-19)4-7-20(26)23-14-15-2-5-17(6-3-15)25-9-1-8-24-25/h1-9,12-13H,10-11,14H2,(H,23,26)/b7-4+. The number of halogens is 1.